The summed E-state index contributed by atoms with van der Waals surface area (Å²) in [5.41, 5.74) is 5.53. The summed E-state index contributed by atoms with van der Waals surface area (Å²) in [6.45, 7) is 1.91. The van der Waals surface area contributed by atoms with E-state index in [2.05, 4.69) is 0 Å². The zero-order valence-corrected chi connectivity index (χ0v) is 10.00. The molecule has 1 heterocycles. The summed E-state index contributed by atoms with van der Waals surface area (Å²) in [4.78, 5) is 14.0. The molecule has 17 heavy (non-hydrogen) atoms. The van der Waals surface area contributed by atoms with E-state index in [0.29, 0.717) is 6.54 Å². The Kier molecular flexibility index (Phi) is 4.37. The first-order chi connectivity index (χ1) is 7.77. The Hall–Kier alpha value is -0.820. The number of nitrogens with zero attached hydrogens (tertiary/aromatic N) is 2. The molecule has 0 aliphatic carbocycles. The van der Waals surface area contributed by atoms with Gasteiger partial charge in [-0.05, 0) is 6.42 Å². The van der Waals surface area contributed by atoms with Gasteiger partial charge in [-0.25, -0.2) is 0 Å². The number of nitrogens with two attached hydrogens (primary N) is 1. The molecule has 100 valence electrons. The second kappa shape index (κ2) is 5.22. The van der Waals surface area contributed by atoms with Gasteiger partial charge in [0, 0.05) is 26.2 Å². The van der Waals surface area contributed by atoms with Crippen molar-refractivity contribution in [3.63, 3.8) is 0 Å². The van der Waals surface area contributed by atoms with Crippen LogP contribution in [0, 0.1) is 0 Å². The number of likely N-dealkylation sites (N-methyl/N-ethyl adjacent to an activating group) is 1. The molecule has 7 heteroatoms. The van der Waals surface area contributed by atoms with Gasteiger partial charge in [-0.3, -0.25) is 9.69 Å². The van der Waals surface area contributed by atoms with Gasteiger partial charge in [0.2, 0.25) is 5.91 Å². The van der Waals surface area contributed by atoms with Gasteiger partial charge in [0.25, 0.3) is 0 Å². The van der Waals surface area contributed by atoms with Crippen molar-refractivity contribution in [3.8, 4) is 0 Å². The number of carbonyl (C=O) groups is 1. The Bertz CT molecular complexity index is 282. The Morgan fingerprint density at radius 1 is 1.41 bits per heavy atom. The Morgan fingerprint density at radius 3 is 2.41 bits per heavy atom. The summed E-state index contributed by atoms with van der Waals surface area (Å²) >= 11 is 0. The number of rotatable bonds is 3. The van der Waals surface area contributed by atoms with E-state index in [-0.39, 0.29) is 25.4 Å². The van der Waals surface area contributed by atoms with Crippen LogP contribution in [-0.2, 0) is 4.79 Å². The molecule has 1 amide bonds. The Labute approximate surface area is 98.5 Å². The van der Waals surface area contributed by atoms with Gasteiger partial charge >= 0.3 is 6.18 Å². The van der Waals surface area contributed by atoms with Gasteiger partial charge in [-0.15, -0.1) is 0 Å². The van der Waals surface area contributed by atoms with Crippen LogP contribution in [0.4, 0.5) is 13.2 Å². The van der Waals surface area contributed by atoms with Crippen LogP contribution in [0.25, 0.3) is 0 Å². The van der Waals surface area contributed by atoms with Gasteiger partial charge in [0.1, 0.15) is 6.04 Å². The molecule has 0 saturated carbocycles. The van der Waals surface area contributed by atoms with Gasteiger partial charge in [-0.2, -0.15) is 13.2 Å². The minimum Gasteiger partial charge on any atom is -0.343 e. The van der Waals surface area contributed by atoms with Gasteiger partial charge in [-0.1, -0.05) is 6.92 Å². The first-order valence-corrected chi connectivity index (χ1v) is 5.57. The summed E-state index contributed by atoms with van der Waals surface area (Å²) in [6.07, 6.45) is -4.17. The maximum absolute atomic E-state index is 12.9. The van der Waals surface area contributed by atoms with E-state index < -0.39 is 18.3 Å². The van der Waals surface area contributed by atoms with Crippen LogP contribution in [-0.4, -0.2) is 60.6 Å². The topological polar surface area (TPSA) is 49.6 Å². The highest BCUT2D eigenvalue weighted by atomic mass is 19.4. The third-order valence-electron chi connectivity index (χ3n) is 3.09. The van der Waals surface area contributed by atoms with E-state index in [1.165, 1.54) is 4.90 Å². The van der Waals surface area contributed by atoms with Crippen molar-refractivity contribution < 1.29 is 18.0 Å². The van der Waals surface area contributed by atoms with Crippen LogP contribution in [0.5, 0.6) is 0 Å². The lowest BCUT2D eigenvalue weighted by molar-refractivity contribution is -0.194. The quantitative estimate of drug-likeness (QED) is 0.793. The van der Waals surface area contributed by atoms with Gasteiger partial charge < -0.3 is 10.6 Å². The third kappa shape index (κ3) is 3.32. The lowest BCUT2D eigenvalue weighted by Crippen LogP contribution is -2.61. The standard InChI is InChI=1S/C10H18F3N3O/c1-3-7(14)9(10(11,12)13)16-5-4-15(2)8(17)6-16/h7,9H,3-6,14H2,1-2H3. The molecule has 0 radical (unpaired) electrons. The lowest BCUT2D eigenvalue weighted by Gasteiger charge is -2.40. The summed E-state index contributed by atoms with van der Waals surface area (Å²) in [6, 6.07) is -2.73. The van der Waals surface area contributed by atoms with E-state index in [1.807, 2.05) is 0 Å². The average molecular weight is 253 g/mol. The minimum absolute atomic E-state index is 0.208. The molecule has 1 aliphatic rings. The predicted molar refractivity (Wildman–Crippen MR) is 57.3 cm³/mol. The molecular formula is C10H18F3N3O. The number of halogens is 3. The number of amides is 1. The number of alkyl halides is 3. The number of hydrogen-bond acceptors (Lipinski definition) is 3. The van der Waals surface area contributed by atoms with Crippen LogP contribution >= 0.6 is 0 Å². The number of hydrogen-bond donors (Lipinski definition) is 1. The third-order valence-corrected chi connectivity index (χ3v) is 3.09. The molecule has 2 N–H and O–H groups in total. The summed E-state index contributed by atoms with van der Waals surface area (Å²) in [7, 11) is 1.59. The van der Waals surface area contributed by atoms with Crippen LogP contribution in [0.3, 0.4) is 0 Å². The van der Waals surface area contributed by atoms with Crippen molar-refractivity contribution in [1.29, 1.82) is 0 Å². The van der Waals surface area contributed by atoms with E-state index >= 15 is 0 Å². The van der Waals surface area contributed by atoms with Crippen LogP contribution < -0.4 is 5.73 Å². The first kappa shape index (κ1) is 14.2. The molecule has 0 spiro atoms. The predicted octanol–water partition coefficient (Wildman–Crippen LogP) is 0.429. The zero-order valence-electron chi connectivity index (χ0n) is 10.00. The fourth-order valence-corrected chi connectivity index (χ4v) is 1.96. The highest BCUT2D eigenvalue weighted by Crippen LogP contribution is 2.28. The van der Waals surface area contributed by atoms with Gasteiger partial charge in [0.05, 0.1) is 6.54 Å². The largest absolute Gasteiger partial charge is 0.405 e. The molecule has 0 aromatic heterocycles. The van der Waals surface area contributed by atoms with Crippen molar-refractivity contribution in [2.75, 3.05) is 26.7 Å². The highest BCUT2D eigenvalue weighted by molar-refractivity contribution is 5.78. The van der Waals surface area contributed by atoms with E-state index in [1.54, 1.807) is 14.0 Å². The first-order valence-electron chi connectivity index (χ1n) is 5.57. The maximum atomic E-state index is 12.9. The summed E-state index contributed by atoms with van der Waals surface area (Å²) in [5, 5.41) is 0. The normalized spacial score (nSPS) is 22.7. The molecule has 1 saturated heterocycles. The van der Waals surface area contributed by atoms with Crippen molar-refractivity contribution in [3.05, 3.63) is 0 Å². The fraction of sp³-hybridized carbons (Fsp3) is 0.900. The van der Waals surface area contributed by atoms with Crippen molar-refractivity contribution in [2.45, 2.75) is 31.6 Å². The van der Waals surface area contributed by atoms with E-state index in [9.17, 15) is 18.0 Å². The summed E-state index contributed by atoms with van der Waals surface area (Å²) in [5.74, 6) is -0.297. The summed E-state index contributed by atoms with van der Waals surface area (Å²) < 4.78 is 38.8. The molecule has 2 unspecified atom stereocenters. The van der Waals surface area contributed by atoms with Gasteiger partial charge in [0.15, 0.2) is 0 Å². The minimum atomic E-state index is -4.40. The molecular weight excluding hydrogens is 235 g/mol. The van der Waals surface area contributed by atoms with Crippen molar-refractivity contribution in [2.24, 2.45) is 5.73 Å². The van der Waals surface area contributed by atoms with Crippen LogP contribution in [0.2, 0.25) is 0 Å². The van der Waals surface area contributed by atoms with Crippen molar-refractivity contribution >= 4 is 5.91 Å². The average Bonchev–Trinajstić information content (AvgIpc) is 2.21. The Balaban J connectivity index is 2.81. The van der Waals surface area contributed by atoms with Crippen LogP contribution in [0.1, 0.15) is 13.3 Å². The van der Waals surface area contributed by atoms with E-state index in [0.717, 1.165) is 4.90 Å². The molecule has 2 atom stereocenters. The second-order valence-corrected chi connectivity index (χ2v) is 4.34. The highest BCUT2D eigenvalue weighted by Gasteiger charge is 2.47. The molecule has 0 bridgehead atoms. The zero-order chi connectivity index (χ0) is 13.2. The monoisotopic (exact) mass is 253 g/mol. The van der Waals surface area contributed by atoms with Crippen molar-refractivity contribution in [1.82, 2.24) is 9.80 Å². The molecule has 0 aromatic rings. The maximum Gasteiger partial charge on any atom is 0.405 e. The molecule has 1 rings (SSSR count). The molecule has 4 nitrogen and oxygen atoms in total. The smallest absolute Gasteiger partial charge is 0.343 e. The molecule has 0 aromatic carbocycles. The van der Waals surface area contributed by atoms with E-state index in [4.69, 9.17) is 5.73 Å². The number of piperazine rings is 1. The lowest BCUT2D eigenvalue weighted by atomic mass is 10.0. The van der Waals surface area contributed by atoms with Crippen LogP contribution in [0.15, 0.2) is 0 Å². The SMILES string of the molecule is CCC(N)C(N1CCN(C)C(=O)C1)C(F)(F)F. The molecule has 1 aliphatic heterocycles. The Morgan fingerprint density at radius 2 is 2.00 bits per heavy atom. The second-order valence-electron chi connectivity index (χ2n) is 4.34. The fourth-order valence-electron chi connectivity index (χ4n) is 1.96. The number of carbonyl (C=O) groups excluding carboxylic acids is 1. The molecule has 1 fully saturated rings.